The monoisotopic (exact) mass is 228 g/mol. The summed E-state index contributed by atoms with van der Waals surface area (Å²) in [6.45, 7) is 4.77. The molecule has 0 atom stereocenters. The van der Waals surface area contributed by atoms with Crippen LogP contribution < -0.4 is 0 Å². The van der Waals surface area contributed by atoms with Crippen molar-refractivity contribution in [2.45, 2.75) is 33.2 Å². The number of allylic oxidation sites excluding steroid dienone is 2. The molecule has 5 heteroatoms. The molecule has 0 fully saturated rings. The fraction of sp³-hybridized carbons (Fsp3) is 0.455. The first kappa shape index (κ1) is 14.4. The van der Waals surface area contributed by atoms with E-state index in [0.717, 1.165) is 12.2 Å². The summed E-state index contributed by atoms with van der Waals surface area (Å²) in [4.78, 5) is 22.2. The molecular formula is C11H16O5. The Balaban J connectivity index is 4.53. The lowest BCUT2D eigenvalue weighted by atomic mass is 10.4. The average molecular weight is 228 g/mol. The van der Waals surface area contributed by atoms with Gasteiger partial charge in [-0.2, -0.15) is 0 Å². The first-order valence-corrected chi connectivity index (χ1v) is 4.91. The molecule has 0 unspecified atom stereocenters. The number of hydrogen-bond donors (Lipinski definition) is 1. The Bertz CT molecular complexity index is 277. The predicted octanol–water partition coefficient (Wildman–Crippen LogP) is 1.28. The first-order valence-electron chi connectivity index (χ1n) is 4.91. The third kappa shape index (κ3) is 5.31. The van der Waals surface area contributed by atoms with Crippen LogP contribution >= 0.6 is 0 Å². The van der Waals surface area contributed by atoms with Gasteiger partial charge in [-0.25, -0.2) is 9.59 Å². The Morgan fingerprint density at radius 1 is 1.12 bits per heavy atom. The molecule has 0 amide bonds. The molecule has 0 aromatic carbocycles. The third-order valence-electron chi connectivity index (χ3n) is 1.57. The predicted molar refractivity (Wildman–Crippen MR) is 57.1 cm³/mol. The summed E-state index contributed by atoms with van der Waals surface area (Å²) < 4.78 is 9.19. The van der Waals surface area contributed by atoms with E-state index in [4.69, 9.17) is 0 Å². The normalized spacial score (nSPS) is 15.0. The van der Waals surface area contributed by atoms with Crippen molar-refractivity contribution in [1.82, 2.24) is 0 Å². The second kappa shape index (κ2) is 6.79. The highest BCUT2D eigenvalue weighted by Gasteiger charge is 2.33. The van der Waals surface area contributed by atoms with Gasteiger partial charge in [-0.1, -0.05) is 19.1 Å². The van der Waals surface area contributed by atoms with Crippen LogP contribution in [0.2, 0.25) is 0 Å². The molecule has 0 rings (SSSR count). The molecule has 0 bridgehead atoms. The first-order chi connectivity index (χ1) is 7.47. The molecule has 0 saturated carbocycles. The van der Waals surface area contributed by atoms with E-state index in [1.807, 2.05) is 0 Å². The van der Waals surface area contributed by atoms with Gasteiger partial charge >= 0.3 is 17.9 Å². The number of carbonyl (C=O) groups is 2. The average Bonchev–Trinajstić information content (AvgIpc) is 2.17. The lowest BCUT2D eigenvalue weighted by molar-refractivity contribution is -0.321. The van der Waals surface area contributed by atoms with Crippen molar-refractivity contribution >= 4 is 11.9 Å². The van der Waals surface area contributed by atoms with Gasteiger partial charge in [-0.15, -0.1) is 0 Å². The van der Waals surface area contributed by atoms with Gasteiger partial charge in [0.15, 0.2) is 0 Å². The second-order valence-corrected chi connectivity index (χ2v) is 2.91. The fourth-order valence-corrected chi connectivity index (χ4v) is 0.820. The maximum Gasteiger partial charge on any atom is 0.373 e. The van der Waals surface area contributed by atoms with Crippen LogP contribution in [0.4, 0.5) is 0 Å². The van der Waals surface area contributed by atoms with Crippen molar-refractivity contribution in [3.63, 3.8) is 0 Å². The van der Waals surface area contributed by atoms with Gasteiger partial charge in [-0.05, 0) is 13.8 Å². The van der Waals surface area contributed by atoms with Gasteiger partial charge < -0.3 is 14.6 Å². The van der Waals surface area contributed by atoms with Crippen LogP contribution in [-0.2, 0) is 19.1 Å². The quantitative estimate of drug-likeness (QED) is 0.436. The number of aliphatic hydroxyl groups is 1. The Labute approximate surface area is 94.4 Å². The summed E-state index contributed by atoms with van der Waals surface area (Å²) in [6, 6.07) is 0. The number of rotatable bonds is 5. The summed E-state index contributed by atoms with van der Waals surface area (Å²) in [7, 11) is 0. The van der Waals surface area contributed by atoms with Gasteiger partial charge in [-0.3, -0.25) is 0 Å². The number of esters is 2. The van der Waals surface area contributed by atoms with E-state index in [2.05, 4.69) is 9.47 Å². The minimum Gasteiger partial charge on any atom is -0.395 e. The second-order valence-electron chi connectivity index (χ2n) is 2.91. The minimum absolute atomic E-state index is 0.0560. The van der Waals surface area contributed by atoms with Crippen molar-refractivity contribution in [1.29, 1.82) is 0 Å². The Hall–Kier alpha value is -1.62. The van der Waals surface area contributed by atoms with Crippen LogP contribution in [0.15, 0.2) is 24.3 Å². The van der Waals surface area contributed by atoms with Crippen molar-refractivity contribution in [3.05, 3.63) is 24.3 Å². The molecule has 0 aliphatic rings. The van der Waals surface area contributed by atoms with E-state index >= 15 is 0 Å². The van der Waals surface area contributed by atoms with Crippen LogP contribution in [0.5, 0.6) is 0 Å². The maximum absolute atomic E-state index is 11.1. The molecule has 0 aromatic rings. The van der Waals surface area contributed by atoms with Crippen LogP contribution in [-0.4, -0.2) is 23.0 Å². The SMILES string of the molecule is CC=CC(=O)OC(O)(CC)OC(=O)C=CC. The summed E-state index contributed by atoms with van der Waals surface area (Å²) in [5.74, 6) is -3.77. The van der Waals surface area contributed by atoms with Crippen molar-refractivity contribution in [2.24, 2.45) is 0 Å². The number of ether oxygens (including phenoxy) is 2. The maximum atomic E-state index is 11.1. The molecular weight excluding hydrogens is 212 g/mol. The molecule has 0 heterocycles. The molecule has 90 valence electrons. The molecule has 5 nitrogen and oxygen atoms in total. The lowest BCUT2D eigenvalue weighted by Crippen LogP contribution is -2.38. The topological polar surface area (TPSA) is 72.8 Å². The highest BCUT2D eigenvalue weighted by atomic mass is 16.8. The Morgan fingerprint density at radius 2 is 1.50 bits per heavy atom. The van der Waals surface area contributed by atoms with Crippen molar-refractivity contribution in [3.8, 4) is 0 Å². The minimum atomic E-state index is -2.22. The van der Waals surface area contributed by atoms with Gasteiger partial charge in [0, 0.05) is 12.2 Å². The molecule has 0 spiro atoms. The molecule has 0 aliphatic carbocycles. The highest BCUT2D eigenvalue weighted by molar-refractivity contribution is 5.83. The Morgan fingerprint density at radius 3 is 1.75 bits per heavy atom. The Kier molecular flexibility index (Phi) is 6.10. The fourth-order valence-electron chi connectivity index (χ4n) is 0.820. The van der Waals surface area contributed by atoms with Crippen molar-refractivity contribution < 1.29 is 24.2 Å². The van der Waals surface area contributed by atoms with Crippen molar-refractivity contribution in [2.75, 3.05) is 0 Å². The summed E-state index contributed by atoms with van der Waals surface area (Å²) in [5.41, 5.74) is 0. The van der Waals surface area contributed by atoms with Gasteiger partial charge in [0.25, 0.3) is 0 Å². The largest absolute Gasteiger partial charge is 0.395 e. The molecule has 0 radical (unpaired) electrons. The molecule has 16 heavy (non-hydrogen) atoms. The summed E-state index contributed by atoms with van der Waals surface area (Å²) in [5, 5.41) is 9.66. The van der Waals surface area contributed by atoms with Crippen LogP contribution in [0, 0.1) is 0 Å². The third-order valence-corrected chi connectivity index (χ3v) is 1.57. The highest BCUT2D eigenvalue weighted by Crippen LogP contribution is 2.15. The van der Waals surface area contributed by atoms with Gasteiger partial charge in [0.2, 0.25) is 0 Å². The molecule has 0 aromatic heterocycles. The van der Waals surface area contributed by atoms with E-state index in [1.165, 1.54) is 19.1 Å². The van der Waals surface area contributed by atoms with Crippen LogP contribution in [0.3, 0.4) is 0 Å². The van der Waals surface area contributed by atoms with E-state index in [1.54, 1.807) is 13.8 Å². The van der Waals surface area contributed by atoms with E-state index in [0.29, 0.717) is 0 Å². The van der Waals surface area contributed by atoms with E-state index < -0.39 is 17.9 Å². The van der Waals surface area contributed by atoms with Gasteiger partial charge in [0.05, 0.1) is 6.42 Å². The molecule has 0 saturated heterocycles. The number of carbonyl (C=O) groups excluding carboxylic acids is 2. The zero-order chi connectivity index (χ0) is 12.6. The van der Waals surface area contributed by atoms with Crippen LogP contribution in [0.25, 0.3) is 0 Å². The molecule has 0 aliphatic heterocycles. The smallest absolute Gasteiger partial charge is 0.373 e. The van der Waals surface area contributed by atoms with E-state index in [9.17, 15) is 14.7 Å². The standard InChI is InChI=1S/C11H16O5/c1-4-7-9(12)15-11(14,6-3)16-10(13)8-5-2/h4-5,7-8,14H,6H2,1-3H3. The zero-order valence-corrected chi connectivity index (χ0v) is 9.60. The summed E-state index contributed by atoms with van der Waals surface area (Å²) >= 11 is 0. The lowest BCUT2D eigenvalue weighted by Gasteiger charge is -2.24. The zero-order valence-electron chi connectivity index (χ0n) is 9.60. The van der Waals surface area contributed by atoms with E-state index in [-0.39, 0.29) is 6.42 Å². The summed E-state index contributed by atoms with van der Waals surface area (Å²) in [6.07, 6.45) is 5.08. The number of hydrogen-bond acceptors (Lipinski definition) is 5. The molecule has 1 N–H and O–H groups in total. The van der Waals surface area contributed by atoms with Crippen LogP contribution in [0.1, 0.15) is 27.2 Å². The van der Waals surface area contributed by atoms with Gasteiger partial charge in [0.1, 0.15) is 0 Å².